The van der Waals surface area contributed by atoms with Crippen LogP contribution in [-0.4, -0.2) is 12.5 Å². The molecule has 0 unspecified atom stereocenters. The van der Waals surface area contributed by atoms with Crippen molar-refractivity contribution in [2.75, 3.05) is 6.54 Å². The molecule has 0 bridgehead atoms. The first-order valence-electron chi connectivity index (χ1n) is 5.00. The fourth-order valence-electron chi connectivity index (χ4n) is 1.35. The molecule has 1 aromatic rings. The van der Waals surface area contributed by atoms with E-state index >= 15 is 0 Å². The summed E-state index contributed by atoms with van der Waals surface area (Å²) in [5.41, 5.74) is 0.287. The van der Waals surface area contributed by atoms with Gasteiger partial charge in [0.05, 0.1) is 5.02 Å². The van der Waals surface area contributed by atoms with E-state index in [1.165, 1.54) is 18.9 Å². The molecule has 0 heterocycles. The summed E-state index contributed by atoms with van der Waals surface area (Å²) >= 11 is 8.74. The molecule has 1 saturated carbocycles. The van der Waals surface area contributed by atoms with Crippen LogP contribution >= 0.6 is 27.5 Å². The fraction of sp³-hybridized carbons (Fsp3) is 0.364. The molecule has 86 valence electrons. The molecule has 0 saturated heterocycles. The fourth-order valence-corrected chi connectivity index (χ4v) is 1.89. The number of amides is 1. The molecule has 0 aliphatic heterocycles. The highest BCUT2D eigenvalue weighted by molar-refractivity contribution is 9.10. The Morgan fingerprint density at radius 2 is 2.25 bits per heavy atom. The Balaban J connectivity index is 2.09. The number of nitrogens with one attached hydrogen (secondary N) is 1. The SMILES string of the molecule is O=C(NCC1CC1)c1cc(F)c(Cl)c(Br)c1. The van der Waals surface area contributed by atoms with Gasteiger partial charge in [-0.15, -0.1) is 0 Å². The highest BCUT2D eigenvalue weighted by Gasteiger charge is 2.22. The Labute approximate surface area is 106 Å². The van der Waals surface area contributed by atoms with E-state index < -0.39 is 5.82 Å². The lowest BCUT2D eigenvalue weighted by atomic mass is 10.2. The summed E-state index contributed by atoms with van der Waals surface area (Å²) < 4.78 is 13.7. The molecule has 16 heavy (non-hydrogen) atoms. The Morgan fingerprint density at radius 1 is 1.56 bits per heavy atom. The van der Waals surface area contributed by atoms with Crippen LogP contribution in [0.2, 0.25) is 5.02 Å². The average molecular weight is 307 g/mol. The number of hydrogen-bond donors (Lipinski definition) is 1. The first-order chi connectivity index (χ1) is 7.58. The molecule has 1 amide bonds. The first kappa shape index (κ1) is 11.9. The van der Waals surface area contributed by atoms with Crippen LogP contribution in [0.5, 0.6) is 0 Å². The van der Waals surface area contributed by atoms with Crippen molar-refractivity contribution in [3.63, 3.8) is 0 Å². The lowest BCUT2D eigenvalue weighted by Crippen LogP contribution is -2.25. The zero-order chi connectivity index (χ0) is 11.7. The van der Waals surface area contributed by atoms with Crippen molar-refractivity contribution in [2.24, 2.45) is 5.92 Å². The lowest BCUT2D eigenvalue weighted by Gasteiger charge is -2.06. The van der Waals surface area contributed by atoms with Crippen LogP contribution in [-0.2, 0) is 0 Å². The smallest absolute Gasteiger partial charge is 0.251 e. The van der Waals surface area contributed by atoms with Gasteiger partial charge in [-0.2, -0.15) is 0 Å². The average Bonchev–Trinajstić information content (AvgIpc) is 3.05. The van der Waals surface area contributed by atoms with E-state index in [4.69, 9.17) is 11.6 Å². The van der Waals surface area contributed by atoms with Crippen molar-refractivity contribution in [2.45, 2.75) is 12.8 Å². The maximum atomic E-state index is 13.3. The summed E-state index contributed by atoms with van der Waals surface area (Å²) in [5.74, 6) is -0.250. The van der Waals surface area contributed by atoms with Crippen LogP contribution in [0.25, 0.3) is 0 Å². The Hall–Kier alpha value is -0.610. The Kier molecular flexibility index (Phi) is 3.50. The molecule has 1 aliphatic carbocycles. The quantitative estimate of drug-likeness (QED) is 0.852. The van der Waals surface area contributed by atoms with Crippen LogP contribution in [0.3, 0.4) is 0 Å². The van der Waals surface area contributed by atoms with E-state index in [1.807, 2.05) is 0 Å². The summed E-state index contributed by atoms with van der Waals surface area (Å²) in [6.07, 6.45) is 2.33. The molecule has 1 aromatic carbocycles. The predicted molar refractivity (Wildman–Crippen MR) is 64.2 cm³/mol. The van der Waals surface area contributed by atoms with Crippen molar-refractivity contribution < 1.29 is 9.18 Å². The summed E-state index contributed by atoms with van der Waals surface area (Å²) in [6.45, 7) is 0.667. The molecule has 2 rings (SSSR count). The van der Waals surface area contributed by atoms with Crippen molar-refractivity contribution >= 4 is 33.4 Å². The molecule has 1 N–H and O–H groups in total. The number of carbonyl (C=O) groups is 1. The van der Waals surface area contributed by atoms with E-state index in [9.17, 15) is 9.18 Å². The van der Waals surface area contributed by atoms with Gasteiger partial charge < -0.3 is 5.32 Å². The van der Waals surface area contributed by atoms with Crippen LogP contribution in [0.15, 0.2) is 16.6 Å². The summed E-state index contributed by atoms with van der Waals surface area (Å²) in [6, 6.07) is 2.67. The van der Waals surface area contributed by atoms with Crippen molar-refractivity contribution in [3.05, 3.63) is 33.0 Å². The third-order valence-electron chi connectivity index (χ3n) is 2.49. The molecule has 0 atom stereocenters. The number of carbonyl (C=O) groups excluding carboxylic acids is 1. The summed E-state index contributed by atoms with van der Waals surface area (Å²) in [4.78, 5) is 11.7. The molecule has 0 radical (unpaired) electrons. The zero-order valence-corrected chi connectivity index (χ0v) is 10.7. The third kappa shape index (κ3) is 2.74. The minimum absolute atomic E-state index is 0.00116. The normalized spacial score (nSPS) is 14.9. The second kappa shape index (κ2) is 4.72. The zero-order valence-electron chi connectivity index (χ0n) is 8.40. The van der Waals surface area contributed by atoms with Crippen molar-refractivity contribution in [3.8, 4) is 0 Å². The number of hydrogen-bond acceptors (Lipinski definition) is 1. The van der Waals surface area contributed by atoms with Gasteiger partial charge in [0.1, 0.15) is 5.82 Å². The Morgan fingerprint density at radius 3 is 2.81 bits per heavy atom. The number of halogens is 3. The molecular weight excluding hydrogens is 296 g/mol. The molecule has 1 aliphatic rings. The summed E-state index contributed by atoms with van der Waals surface area (Å²) in [5, 5.41) is 2.76. The second-order valence-corrected chi connectivity index (χ2v) is 5.14. The Bertz CT molecular complexity index is 411. The minimum Gasteiger partial charge on any atom is -0.352 e. The van der Waals surface area contributed by atoms with E-state index in [2.05, 4.69) is 21.2 Å². The topological polar surface area (TPSA) is 29.1 Å². The largest absolute Gasteiger partial charge is 0.352 e. The molecule has 0 spiro atoms. The second-order valence-electron chi connectivity index (χ2n) is 3.91. The van der Waals surface area contributed by atoms with E-state index in [0.717, 1.165) is 6.07 Å². The highest BCUT2D eigenvalue weighted by Crippen LogP contribution is 2.28. The number of benzene rings is 1. The van der Waals surface area contributed by atoms with Gasteiger partial charge in [-0.25, -0.2) is 4.39 Å². The molecule has 1 fully saturated rings. The van der Waals surface area contributed by atoms with Gasteiger partial charge in [0.25, 0.3) is 5.91 Å². The third-order valence-corrected chi connectivity index (χ3v) is 3.73. The maximum Gasteiger partial charge on any atom is 0.251 e. The van der Waals surface area contributed by atoms with E-state index in [-0.39, 0.29) is 16.5 Å². The van der Waals surface area contributed by atoms with Gasteiger partial charge in [-0.3, -0.25) is 4.79 Å². The molecule has 5 heteroatoms. The molecular formula is C11H10BrClFNO. The van der Waals surface area contributed by atoms with Crippen LogP contribution in [0.1, 0.15) is 23.2 Å². The first-order valence-corrected chi connectivity index (χ1v) is 6.18. The predicted octanol–water partition coefficient (Wildman–Crippen LogP) is 3.38. The van der Waals surface area contributed by atoms with Crippen LogP contribution in [0.4, 0.5) is 4.39 Å². The lowest BCUT2D eigenvalue weighted by molar-refractivity contribution is 0.0951. The van der Waals surface area contributed by atoms with Gasteiger partial charge in [-0.1, -0.05) is 11.6 Å². The van der Waals surface area contributed by atoms with Crippen LogP contribution in [0, 0.1) is 11.7 Å². The molecule has 0 aromatic heterocycles. The van der Waals surface area contributed by atoms with Crippen LogP contribution < -0.4 is 5.32 Å². The van der Waals surface area contributed by atoms with Gasteiger partial charge in [0.2, 0.25) is 0 Å². The van der Waals surface area contributed by atoms with Gasteiger partial charge >= 0.3 is 0 Å². The van der Waals surface area contributed by atoms with Gasteiger partial charge in [-0.05, 0) is 46.8 Å². The molecule has 2 nitrogen and oxygen atoms in total. The van der Waals surface area contributed by atoms with E-state index in [1.54, 1.807) is 0 Å². The monoisotopic (exact) mass is 305 g/mol. The maximum absolute atomic E-state index is 13.3. The highest BCUT2D eigenvalue weighted by atomic mass is 79.9. The minimum atomic E-state index is -0.590. The van der Waals surface area contributed by atoms with Crippen molar-refractivity contribution in [1.82, 2.24) is 5.32 Å². The standard InChI is InChI=1S/C11H10BrClFNO/c12-8-3-7(4-9(14)10(8)13)11(16)15-5-6-1-2-6/h3-4,6H,1-2,5H2,(H,15,16). The number of rotatable bonds is 3. The van der Waals surface area contributed by atoms with E-state index in [0.29, 0.717) is 16.9 Å². The van der Waals surface area contributed by atoms with Crippen molar-refractivity contribution in [1.29, 1.82) is 0 Å². The summed E-state index contributed by atoms with van der Waals surface area (Å²) in [7, 11) is 0. The van der Waals surface area contributed by atoms with Gasteiger partial charge in [0, 0.05) is 16.6 Å². The van der Waals surface area contributed by atoms with Gasteiger partial charge in [0.15, 0.2) is 0 Å².